The Morgan fingerprint density at radius 3 is 2.88 bits per heavy atom. The second kappa shape index (κ2) is 7.46. The van der Waals surface area contributed by atoms with Crippen LogP contribution in [0.5, 0.6) is 0 Å². The number of nitrogens with one attached hydrogen (secondary N) is 1. The summed E-state index contributed by atoms with van der Waals surface area (Å²) in [5, 5.41) is 3.77. The predicted molar refractivity (Wildman–Crippen MR) is 94.6 cm³/mol. The third-order valence-corrected chi connectivity index (χ3v) is 3.78. The van der Waals surface area contributed by atoms with Crippen LogP contribution in [0, 0.1) is 0 Å². The van der Waals surface area contributed by atoms with Crippen molar-refractivity contribution in [3.63, 3.8) is 0 Å². The van der Waals surface area contributed by atoms with E-state index in [1.54, 1.807) is 18.0 Å². The number of carbonyl (C=O) groups excluding carboxylic acids is 1. The summed E-state index contributed by atoms with van der Waals surface area (Å²) in [5.74, 6) is -0.153. The van der Waals surface area contributed by atoms with Gasteiger partial charge in [0.2, 0.25) is 11.5 Å². The molecule has 2 heterocycles. The number of amides is 1. The zero-order valence-corrected chi connectivity index (χ0v) is 14.3. The van der Waals surface area contributed by atoms with E-state index in [0.29, 0.717) is 24.2 Å². The summed E-state index contributed by atoms with van der Waals surface area (Å²) >= 11 is 0. The summed E-state index contributed by atoms with van der Waals surface area (Å²) in [7, 11) is 3.53. The number of likely N-dealkylation sites (N-methyl/N-ethyl adjacent to an activating group) is 2. The van der Waals surface area contributed by atoms with Gasteiger partial charge in [-0.25, -0.2) is 4.98 Å². The summed E-state index contributed by atoms with van der Waals surface area (Å²) in [6.45, 7) is 1.21. The van der Waals surface area contributed by atoms with Crippen LogP contribution in [0.1, 0.15) is 0 Å². The summed E-state index contributed by atoms with van der Waals surface area (Å²) < 4.78 is 6.88. The number of rotatable bonds is 5. The third-order valence-electron chi connectivity index (χ3n) is 3.78. The molecule has 7 nitrogen and oxygen atoms in total. The molecule has 2 aromatic heterocycles. The number of carbonyl (C=O) groups is 1. The van der Waals surface area contributed by atoms with Gasteiger partial charge >= 0.3 is 0 Å². The van der Waals surface area contributed by atoms with Gasteiger partial charge in [-0.05, 0) is 19.2 Å². The molecule has 0 saturated carbocycles. The lowest BCUT2D eigenvalue weighted by atomic mass is 10.2. The molecule has 0 fully saturated rings. The van der Waals surface area contributed by atoms with E-state index in [1.807, 2.05) is 25.2 Å². The van der Waals surface area contributed by atoms with Gasteiger partial charge in [0, 0.05) is 25.5 Å². The third kappa shape index (κ3) is 3.27. The summed E-state index contributed by atoms with van der Waals surface area (Å²) in [6.07, 6.45) is 1.40. The molecule has 0 bridgehead atoms. The van der Waals surface area contributed by atoms with Crippen LogP contribution in [0.15, 0.2) is 39.8 Å². The van der Waals surface area contributed by atoms with Crippen LogP contribution in [-0.2, 0) is 11.3 Å². The Morgan fingerprint density at radius 1 is 1.38 bits per heavy atom. The molecule has 0 aliphatic heterocycles. The largest absolute Gasteiger partial charge is 0.448 e. The molecule has 24 heavy (non-hydrogen) atoms. The van der Waals surface area contributed by atoms with Crippen molar-refractivity contribution in [1.29, 1.82) is 0 Å². The summed E-state index contributed by atoms with van der Waals surface area (Å²) in [4.78, 5) is 30.5. The highest BCUT2D eigenvalue weighted by Gasteiger charge is 2.15. The van der Waals surface area contributed by atoms with Crippen molar-refractivity contribution in [2.75, 3.05) is 27.2 Å². The highest BCUT2D eigenvalue weighted by atomic mass is 35.5. The summed E-state index contributed by atoms with van der Waals surface area (Å²) in [6, 6.07) is 7.35. The van der Waals surface area contributed by atoms with Gasteiger partial charge in [-0.1, -0.05) is 12.1 Å². The van der Waals surface area contributed by atoms with Gasteiger partial charge < -0.3 is 14.6 Å². The molecule has 128 valence electrons. The minimum absolute atomic E-state index is 0. The Hall–Kier alpha value is -2.38. The molecule has 3 rings (SSSR count). The maximum atomic E-state index is 12.5. The molecule has 0 saturated heterocycles. The number of hydrogen-bond acceptors (Lipinski definition) is 5. The van der Waals surface area contributed by atoms with Crippen LogP contribution in [-0.4, -0.2) is 47.5 Å². The first-order chi connectivity index (χ1) is 11.1. The lowest BCUT2D eigenvalue weighted by Gasteiger charge is -2.17. The molecule has 1 amide bonds. The van der Waals surface area contributed by atoms with Crippen molar-refractivity contribution in [3.05, 3.63) is 40.9 Å². The Kier molecular flexibility index (Phi) is 5.58. The Balaban J connectivity index is 0.00000208. The van der Waals surface area contributed by atoms with E-state index >= 15 is 0 Å². The van der Waals surface area contributed by atoms with Crippen LogP contribution in [0.4, 0.5) is 0 Å². The van der Waals surface area contributed by atoms with Gasteiger partial charge in [0.1, 0.15) is 17.6 Å². The van der Waals surface area contributed by atoms with Gasteiger partial charge in [0.15, 0.2) is 0 Å². The Bertz CT molecular complexity index is 918. The fourth-order valence-electron chi connectivity index (χ4n) is 2.40. The molecular formula is C16H19ClN4O3. The van der Waals surface area contributed by atoms with Gasteiger partial charge in [-0.3, -0.25) is 14.2 Å². The normalized spacial score (nSPS) is 10.8. The van der Waals surface area contributed by atoms with E-state index in [0.717, 1.165) is 5.39 Å². The zero-order valence-electron chi connectivity index (χ0n) is 13.5. The molecule has 0 aliphatic carbocycles. The molecule has 0 unspecified atom stereocenters. The van der Waals surface area contributed by atoms with E-state index in [2.05, 4.69) is 10.3 Å². The van der Waals surface area contributed by atoms with E-state index in [4.69, 9.17) is 4.42 Å². The molecule has 0 aliphatic rings. The van der Waals surface area contributed by atoms with Crippen LogP contribution in [0.25, 0.3) is 22.1 Å². The maximum Gasteiger partial charge on any atom is 0.297 e. The number of halogens is 1. The molecule has 8 heteroatoms. The molecule has 3 aromatic rings. The topological polar surface area (TPSA) is 80.4 Å². The smallest absolute Gasteiger partial charge is 0.297 e. The number of aromatic nitrogens is 2. The van der Waals surface area contributed by atoms with Crippen LogP contribution >= 0.6 is 12.4 Å². The van der Waals surface area contributed by atoms with Gasteiger partial charge in [-0.15, -0.1) is 12.4 Å². The molecular weight excluding hydrogens is 332 g/mol. The van der Waals surface area contributed by atoms with Crippen molar-refractivity contribution < 1.29 is 9.21 Å². The SMILES string of the molecule is CNCCN(C)C(=O)Cn1cnc2c(oc3ccccc32)c1=O.Cl. The van der Waals surface area contributed by atoms with E-state index < -0.39 is 0 Å². The molecule has 0 spiro atoms. The number of fused-ring (bicyclic) bond motifs is 3. The van der Waals surface area contributed by atoms with Crippen LogP contribution < -0.4 is 10.9 Å². The maximum absolute atomic E-state index is 12.5. The second-order valence-electron chi connectivity index (χ2n) is 5.37. The van der Waals surface area contributed by atoms with E-state index in [1.165, 1.54) is 10.9 Å². The number of hydrogen-bond donors (Lipinski definition) is 1. The first-order valence-corrected chi connectivity index (χ1v) is 7.37. The van der Waals surface area contributed by atoms with E-state index in [9.17, 15) is 9.59 Å². The standard InChI is InChI=1S/C16H18N4O3.ClH/c1-17-7-8-19(2)13(21)9-20-10-18-14-11-5-3-4-6-12(11)23-15(14)16(20)22;/h3-6,10,17H,7-9H2,1-2H3;1H. The molecule has 1 N–H and O–H groups in total. The van der Waals surface area contributed by atoms with Crippen molar-refractivity contribution in [2.45, 2.75) is 6.54 Å². The molecule has 0 radical (unpaired) electrons. The number of furan rings is 1. The van der Waals surface area contributed by atoms with Crippen molar-refractivity contribution in [1.82, 2.24) is 19.8 Å². The van der Waals surface area contributed by atoms with Crippen LogP contribution in [0.2, 0.25) is 0 Å². The number of nitrogens with zero attached hydrogens (tertiary/aromatic N) is 3. The number of para-hydroxylation sites is 1. The predicted octanol–water partition coefficient (Wildman–Crippen LogP) is 1.24. The minimum Gasteiger partial charge on any atom is -0.448 e. The highest BCUT2D eigenvalue weighted by molar-refractivity contribution is 6.01. The average Bonchev–Trinajstić information content (AvgIpc) is 2.94. The quantitative estimate of drug-likeness (QED) is 0.749. The lowest BCUT2D eigenvalue weighted by molar-refractivity contribution is -0.130. The fraction of sp³-hybridized carbons (Fsp3) is 0.312. The first kappa shape index (κ1) is 18.0. The second-order valence-corrected chi connectivity index (χ2v) is 5.37. The minimum atomic E-state index is -0.346. The van der Waals surface area contributed by atoms with E-state index in [-0.39, 0.29) is 36.0 Å². The van der Waals surface area contributed by atoms with Gasteiger partial charge in [0.05, 0.1) is 6.33 Å². The van der Waals surface area contributed by atoms with Gasteiger partial charge in [-0.2, -0.15) is 0 Å². The number of benzene rings is 1. The monoisotopic (exact) mass is 350 g/mol. The van der Waals surface area contributed by atoms with Crippen molar-refractivity contribution in [3.8, 4) is 0 Å². The Labute approximate surface area is 144 Å². The van der Waals surface area contributed by atoms with Crippen LogP contribution in [0.3, 0.4) is 0 Å². The molecule has 1 aromatic carbocycles. The zero-order chi connectivity index (χ0) is 16.4. The molecule has 0 atom stereocenters. The van der Waals surface area contributed by atoms with Crippen molar-refractivity contribution in [2.24, 2.45) is 0 Å². The average molecular weight is 351 g/mol. The Morgan fingerprint density at radius 2 is 2.12 bits per heavy atom. The first-order valence-electron chi connectivity index (χ1n) is 7.37. The summed E-state index contributed by atoms with van der Waals surface area (Å²) in [5.41, 5.74) is 0.973. The highest BCUT2D eigenvalue weighted by Crippen LogP contribution is 2.23. The van der Waals surface area contributed by atoms with Crippen molar-refractivity contribution >= 4 is 40.4 Å². The lowest BCUT2D eigenvalue weighted by Crippen LogP contribution is -2.37. The fourth-order valence-corrected chi connectivity index (χ4v) is 2.40. The van der Waals surface area contributed by atoms with Gasteiger partial charge in [0.25, 0.3) is 5.56 Å².